The second-order valence-electron chi connectivity index (χ2n) is 10.7. The minimum atomic E-state index is -1.56. The maximum Gasteiger partial charge on any atom is 0.254 e. The number of nitriles is 1. The fourth-order valence-electron chi connectivity index (χ4n) is 5.70. The van der Waals surface area contributed by atoms with Gasteiger partial charge < -0.3 is 20.3 Å². The average Bonchev–Trinajstić information content (AvgIpc) is 3.01. The number of pyridine rings is 1. The van der Waals surface area contributed by atoms with Crippen LogP contribution in [0.15, 0.2) is 48.5 Å². The Bertz CT molecular complexity index is 1500. The molecule has 8 nitrogen and oxygen atoms in total. The van der Waals surface area contributed by atoms with E-state index in [-0.39, 0.29) is 31.8 Å². The number of hydrogen-bond acceptors (Lipinski definition) is 6. The third-order valence-electron chi connectivity index (χ3n) is 8.17. The molecular weight excluding hydrogens is 521 g/mol. The van der Waals surface area contributed by atoms with Crippen LogP contribution in [-0.2, 0) is 16.8 Å². The van der Waals surface area contributed by atoms with E-state index in [9.17, 15) is 9.59 Å². The van der Waals surface area contributed by atoms with Crippen molar-refractivity contribution in [3.63, 3.8) is 0 Å². The average molecular weight is 556 g/mol. The number of amides is 2. The topological polar surface area (TPSA) is 113 Å². The van der Waals surface area contributed by atoms with Gasteiger partial charge in [0, 0.05) is 50.1 Å². The molecule has 2 aromatic carbocycles. The zero-order chi connectivity index (χ0) is 29.1. The molecule has 3 aromatic rings. The molecule has 0 bridgehead atoms. The monoisotopic (exact) mass is 555 g/mol. The Balaban J connectivity index is 1.45. The number of aromatic nitrogens is 1. The first-order chi connectivity index (χ1) is 19.7. The van der Waals surface area contributed by atoms with E-state index in [0.717, 1.165) is 16.9 Å². The molecule has 0 atom stereocenters. The number of carbonyl (C=O) groups is 2. The van der Waals surface area contributed by atoms with E-state index < -0.39 is 11.6 Å². The van der Waals surface area contributed by atoms with Gasteiger partial charge in [0.2, 0.25) is 0 Å². The van der Waals surface area contributed by atoms with Crippen LogP contribution in [0.1, 0.15) is 62.7 Å². The number of primary amides is 1. The first-order valence-corrected chi connectivity index (χ1v) is 14.0. The van der Waals surface area contributed by atoms with Crippen molar-refractivity contribution in [2.24, 2.45) is 5.73 Å². The second-order valence-corrected chi connectivity index (χ2v) is 10.7. The van der Waals surface area contributed by atoms with Crippen molar-refractivity contribution < 1.29 is 18.7 Å². The maximum atomic E-state index is 15.9. The molecule has 9 heteroatoms. The van der Waals surface area contributed by atoms with E-state index in [2.05, 4.69) is 11.0 Å². The molecule has 0 aliphatic carbocycles. The third kappa shape index (κ3) is 5.66. The predicted octanol–water partition coefficient (Wildman–Crippen LogP) is 4.53. The molecule has 2 aliphatic rings. The number of likely N-dealkylation sites (tertiary alicyclic amines) is 1. The highest BCUT2D eigenvalue weighted by atomic mass is 19.1. The number of nitrogens with two attached hydrogens (primary N) is 1. The van der Waals surface area contributed by atoms with E-state index in [1.54, 1.807) is 41.3 Å². The molecule has 3 heterocycles. The summed E-state index contributed by atoms with van der Waals surface area (Å²) in [7, 11) is 0. The van der Waals surface area contributed by atoms with Gasteiger partial charge >= 0.3 is 0 Å². The molecule has 212 valence electrons. The van der Waals surface area contributed by atoms with Crippen LogP contribution in [0.2, 0.25) is 0 Å². The number of piperidine rings is 1. The molecular formula is C32H34FN5O3. The van der Waals surface area contributed by atoms with E-state index in [0.29, 0.717) is 66.2 Å². The van der Waals surface area contributed by atoms with E-state index in [1.807, 2.05) is 26.0 Å². The smallest absolute Gasteiger partial charge is 0.254 e. The lowest BCUT2D eigenvalue weighted by Gasteiger charge is -2.37. The lowest BCUT2D eigenvalue weighted by Crippen LogP contribution is -2.43. The van der Waals surface area contributed by atoms with Crippen LogP contribution in [0.5, 0.6) is 0 Å². The van der Waals surface area contributed by atoms with Gasteiger partial charge in [0.15, 0.2) is 0 Å². The van der Waals surface area contributed by atoms with Gasteiger partial charge in [0.25, 0.3) is 11.8 Å². The molecule has 1 aromatic heterocycles. The minimum Gasteiger partial charge on any atom is -0.378 e. The summed E-state index contributed by atoms with van der Waals surface area (Å²) in [4.78, 5) is 34.9. The molecule has 5 rings (SSSR count). The van der Waals surface area contributed by atoms with Gasteiger partial charge in [-0.3, -0.25) is 9.59 Å². The highest BCUT2D eigenvalue weighted by Crippen LogP contribution is 2.38. The van der Waals surface area contributed by atoms with Crippen molar-refractivity contribution in [2.75, 3.05) is 44.3 Å². The SMILES string of the molecule is CCc1cc(C)c(C(=O)N2CCC(F)(c3ccc(C#N)cc3)CC2)cc1-c1nc(N2CCOCC2)ccc1C(N)=O. The molecule has 2 amide bonds. The molecule has 2 saturated heterocycles. The van der Waals surface area contributed by atoms with Crippen LogP contribution >= 0.6 is 0 Å². The number of rotatable bonds is 6. The highest BCUT2D eigenvalue weighted by Gasteiger charge is 2.38. The van der Waals surface area contributed by atoms with Crippen LogP contribution in [0.4, 0.5) is 10.2 Å². The van der Waals surface area contributed by atoms with Crippen molar-refractivity contribution in [3.05, 3.63) is 81.9 Å². The van der Waals surface area contributed by atoms with Gasteiger partial charge in [-0.05, 0) is 60.4 Å². The summed E-state index contributed by atoms with van der Waals surface area (Å²) in [6, 6.07) is 15.9. The van der Waals surface area contributed by atoms with Crippen LogP contribution in [0.25, 0.3) is 11.3 Å². The van der Waals surface area contributed by atoms with Crippen molar-refractivity contribution in [1.29, 1.82) is 5.26 Å². The largest absolute Gasteiger partial charge is 0.378 e. The van der Waals surface area contributed by atoms with Gasteiger partial charge in [-0.1, -0.05) is 25.1 Å². The van der Waals surface area contributed by atoms with Gasteiger partial charge in [-0.15, -0.1) is 0 Å². The second kappa shape index (κ2) is 11.7. The van der Waals surface area contributed by atoms with E-state index in [1.165, 1.54) is 0 Å². The van der Waals surface area contributed by atoms with Crippen molar-refractivity contribution in [3.8, 4) is 17.3 Å². The van der Waals surface area contributed by atoms with Crippen molar-refractivity contribution in [1.82, 2.24) is 9.88 Å². The minimum absolute atomic E-state index is 0.165. The van der Waals surface area contributed by atoms with Gasteiger partial charge in [-0.2, -0.15) is 5.26 Å². The number of ether oxygens (including phenoxy) is 1. The summed E-state index contributed by atoms with van der Waals surface area (Å²) < 4.78 is 21.3. The fourth-order valence-corrected chi connectivity index (χ4v) is 5.70. The lowest BCUT2D eigenvalue weighted by atomic mass is 9.85. The third-order valence-corrected chi connectivity index (χ3v) is 8.17. The first kappa shape index (κ1) is 28.2. The standard InChI is InChI=1S/C32H34FN5O3/c1-3-23-18-21(2)26(31(40)38-12-10-32(33,11-13-38)24-6-4-22(20-34)5-7-24)19-27(23)29-25(30(35)39)8-9-28(36-29)37-14-16-41-17-15-37/h4-9,18-19H,3,10-17H2,1-2H3,(H2,35,39). The number of morpholine rings is 1. The van der Waals surface area contributed by atoms with Crippen LogP contribution in [0.3, 0.4) is 0 Å². The number of anilines is 1. The molecule has 2 fully saturated rings. The molecule has 41 heavy (non-hydrogen) atoms. The Morgan fingerprint density at radius 2 is 1.73 bits per heavy atom. The lowest BCUT2D eigenvalue weighted by molar-refractivity contribution is 0.0421. The summed E-state index contributed by atoms with van der Waals surface area (Å²) in [6.07, 6.45) is 1.00. The van der Waals surface area contributed by atoms with Gasteiger partial charge in [0.1, 0.15) is 11.5 Å². The quantitative estimate of drug-likeness (QED) is 0.478. The number of benzene rings is 2. The number of alkyl halides is 1. The van der Waals surface area contributed by atoms with Crippen LogP contribution in [-0.4, -0.2) is 61.1 Å². The molecule has 2 N–H and O–H groups in total. The highest BCUT2D eigenvalue weighted by molar-refractivity contribution is 6.01. The van der Waals surface area contributed by atoms with Crippen molar-refractivity contribution in [2.45, 2.75) is 38.8 Å². The number of aryl methyl sites for hydroxylation is 2. The van der Waals surface area contributed by atoms with E-state index >= 15 is 4.39 Å². The summed E-state index contributed by atoms with van der Waals surface area (Å²) in [5, 5.41) is 9.05. The summed E-state index contributed by atoms with van der Waals surface area (Å²) >= 11 is 0. The number of hydrogen-bond donors (Lipinski definition) is 1. The molecule has 0 radical (unpaired) electrons. The Morgan fingerprint density at radius 1 is 1.05 bits per heavy atom. The summed E-state index contributed by atoms with van der Waals surface area (Å²) in [5.74, 6) is -0.0465. The molecule has 0 spiro atoms. The number of nitrogens with zero attached hydrogens (tertiary/aromatic N) is 4. The van der Waals surface area contributed by atoms with E-state index in [4.69, 9.17) is 20.7 Å². The molecule has 0 unspecified atom stereocenters. The molecule has 0 saturated carbocycles. The number of halogens is 1. The van der Waals surface area contributed by atoms with Gasteiger partial charge in [-0.25, -0.2) is 9.37 Å². The van der Waals surface area contributed by atoms with Gasteiger partial charge in [0.05, 0.1) is 36.1 Å². The Labute approximate surface area is 239 Å². The van der Waals surface area contributed by atoms with Crippen molar-refractivity contribution >= 4 is 17.6 Å². The first-order valence-electron chi connectivity index (χ1n) is 14.0. The Hall–Kier alpha value is -4.29. The normalized spacial score (nSPS) is 16.7. The fraction of sp³-hybridized carbons (Fsp3) is 0.375. The number of carbonyl (C=O) groups excluding carboxylic acids is 2. The zero-order valence-corrected chi connectivity index (χ0v) is 23.5. The summed E-state index contributed by atoms with van der Waals surface area (Å²) in [5.41, 5.74) is 8.92. The zero-order valence-electron chi connectivity index (χ0n) is 23.5. The molecule has 2 aliphatic heterocycles. The maximum absolute atomic E-state index is 15.9. The summed E-state index contributed by atoms with van der Waals surface area (Å²) in [6.45, 7) is 7.00. The predicted molar refractivity (Wildman–Crippen MR) is 154 cm³/mol. The van der Waals surface area contributed by atoms with Crippen LogP contribution < -0.4 is 10.6 Å². The Morgan fingerprint density at radius 3 is 2.34 bits per heavy atom. The Kier molecular flexibility index (Phi) is 8.04. The van der Waals surface area contributed by atoms with Crippen LogP contribution in [0, 0.1) is 18.3 Å².